The second-order valence-electron chi connectivity index (χ2n) is 5.62. The first-order chi connectivity index (χ1) is 11.2. The van der Waals surface area contributed by atoms with E-state index < -0.39 is 0 Å². The Kier molecular flexibility index (Phi) is 4.40. The number of hydrogen-bond acceptors (Lipinski definition) is 2. The van der Waals surface area contributed by atoms with Gasteiger partial charge in [0.1, 0.15) is 0 Å². The lowest BCUT2D eigenvalue weighted by molar-refractivity contribution is 0.0939. The Morgan fingerprint density at radius 1 is 1.00 bits per heavy atom. The molecular formula is C20H20N2O. The van der Waals surface area contributed by atoms with E-state index in [1.165, 1.54) is 5.39 Å². The lowest BCUT2D eigenvalue weighted by Gasteiger charge is -2.17. The third-order valence-electron chi connectivity index (χ3n) is 4.12. The second-order valence-corrected chi connectivity index (χ2v) is 5.62. The molecule has 0 saturated carbocycles. The van der Waals surface area contributed by atoms with Gasteiger partial charge in [-0.05, 0) is 34.9 Å². The van der Waals surface area contributed by atoms with Gasteiger partial charge in [0.2, 0.25) is 0 Å². The van der Waals surface area contributed by atoms with Crippen molar-refractivity contribution < 1.29 is 4.79 Å². The number of carbonyl (C=O) groups is 1. The molecule has 0 radical (unpaired) electrons. The summed E-state index contributed by atoms with van der Waals surface area (Å²) in [6, 6.07) is 21.7. The zero-order valence-electron chi connectivity index (χ0n) is 13.1. The van der Waals surface area contributed by atoms with E-state index in [-0.39, 0.29) is 11.9 Å². The molecule has 0 aromatic heterocycles. The molecule has 3 heteroatoms. The fourth-order valence-corrected chi connectivity index (χ4v) is 2.90. The van der Waals surface area contributed by atoms with Crippen LogP contribution in [0.3, 0.4) is 0 Å². The molecule has 0 fully saturated rings. The molecule has 0 bridgehead atoms. The molecule has 3 nitrogen and oxygen atoms in total. The normalized spacial score (nSPS) is 12.1. The highest BCUT2D eigenvalue weighted by Gasteiger charge is 2.15. The molecule has 0 unspecified atom stereocenters. The van der Waals surface area contributed by atoms with Crippen molar-refractivity contribution in [3.8, 4) is 0 Å². The van der Waals surface area contributed by atoms with E-state index in [2.05, 4.69) is 29.6 Å². The van der Waals surface area contributed by atoms with Gasteiger partial charge in [0.05, 0.1) is 6.04 Å². The van der Waals surface area contributed by atoms with Gasteiger partial charge in [-0.3, -0.25) is 4.79 Å². The molecule has 3 aromatic rings. The van der Waals surface area contributed by atoms with E-state index in [9.17, 15) is 4.79 Å². The highest BCUT2D eigenvalue weighted by atomic mass is 16.1. The van der Waals surface area contributed by atoms with Crippen LogP contribution in [0.25, 0.3) is 10.8 Å². The molecule has 0 saturated heterocycles. The summed E-state index contributed by atoms with van der Waals surface area (Å²) in [6.45, 7) is 2.36. The Balaban J connectivity index is 1.89. The molecule has 0 heterocycles. The largest absolute Gasteiger partial charge is 0.345 e. The van der Waals surface area contributed by atoms with Gasteiger partial charge >= 0.3 is 0 Å². The Hall–Kier alpha value is -2.65. The Bertz CT molecular complexity index is 836. The van der Waals surface area contributed by atoms with Crippen molar-refractivity contribution in [2.24, 2.45) is 5.73 Å². The van der Waals surface area contributed by atoms with E-state index in [1.54, 1.807) is 0 Å². The number of carbonyl (C=O) groups excluding carboxylic acids is 1. The van der Waals surface area contributed by atoms with E-state index >= 15 is 0 Å². The topological polar surface area (TPSA) is 55.1 Å². The first-order valence-electron chi connectivity index (χ1n) is 7.77. The summed E-state index contributed by atoms with van der Waals surface area (Å²) in [7, 11) is 0. The molecule has 0 spiro atoms. The minimum atomic E-state index is -0.0912. The Morgan fingerprint density at radius 2 is 1.70 bits per heavy atom. The van der Waals surface area contributed by atoms with Crippen molar-refractivity contribution in [2.75, 3.05) is 0 Å². The molecule has 116 valence electrons. The summed E-state index contributed by atoms with van der Waals surface area (Å²) in [5, 5.41) is 5.42. The SMILES string of the molecule is C[C@@H](NC(=O)c1ccccc1CN)c1cccc2ccccc12. The van der Waals surface area contributed by atoms with Gasteiger partial charge in [-0.2, -0.15) is 0 Å². The third kappa shape index (κ3) is 3.10. The number of rotatable bonds is 4. The lowest BCUT2D eigenvalue weighted by Crippen LogP contribution is -2.28. The van der Waals surface area contributed by atoms with Gasteiger partial charge in [-0.15, -0.1) is 0 Å². The van der Waals surface area contributed by atoms with Crippen LogP contribution < -0.4 is 11.1 Å². The maximum absolute atomic E-state index is 12.6. The van der Waals surface area contributed by atoms with E-state index in [0.717, 1.165) is 16.5 Å². The van der Waals surface area contributed by atoms with Crippen LogP contribution in [0.4, 0.5) is 0 Å². The predicted octanol–water partition coefficient (Wildman–Crippen LogP) is 3.79. The fraction of sp³-hybridized carbons (Fsp3) is 0.150. The van der Waals surface area contributed by atoms with E-state index in [1.807, 2.05) is 49.4 Å². The van der Waals surface area contributed by atoms with Gasteiger partial charge in [0, 0.05) is 12.1 Å². The van der Waals surface area contributed by atoms with Crippen LogP contribution in [0.15, 0.2) is 66.7 Å². The monoisotopic (exact) mass is 304 g/mol. The highest BCUT2D eigenvalue weighted by Crippen LogP contribution is 2.24. The van der Waals surface area contributed by atoms with Crippen LogP contribution in [0.5, 0.6) is 0 Å². The lowest BCUT2D eigenvalue weighted by atomic mass is 9.99. The maximum Gasteiger partial charge on any atom is 0.252 e. The molecule has 1 amide bonds. The Morgan fingerprint density at radius 3 is 2.52 bits per heavy atom. The summed E-state index contributed by atoms with van der Waals surface area (Å²) in [6.07, 6.45) is 0. The average Bonchev–Trinajstić information content (AvgIpc) is 2.61. The number of fused-ring (bicyclic) bond motifs is 1. The summed E-state index contributed by atoms with van der Waals surface area (Å²) in [5.74, 6) is -0.0912. The number of benzene rings is 3. The van der Waals surface area contributed by atoms with E-state index in [0.29, 0.717) is 12.1 Å². The Labute approximate surface area is 136 Å². The van der Waals surface area contributed by atoms with Crippen LogP contribution in [0, 0.1) is 0 Å². The van der Waals surface area contributed by atoms with Crippen LogP contribution in [-0.4, -0.2) is 5.91 Å². The van der Waals surface area contributed by atoms with Gasteiger partial charge in [0.25, 0.3) is 5.91 Å². The zero-order valence-corrected chi connectivity index (χ0v) is 13.1. The quantitative estimate of drug-likeness (QED) is 0.770. The molecule has 23 heavy (non-hydrogen) atoms. The summed E-state index contributed by atoms with van der Waals surface area (Å²) >= 11 is 0. The predicted molar refractivity (Wildman–Crippen MR) is 94.2 cm³/mol. The van der Waals surface area contributed by atoms with E-state index in [4.69, 9.17) is 5.73 Å². The molecule has 3 rings (SSSR count). The van der Waals surface area contributed by atoms with Gasteiger partial charge in [0.15, 0.2) is 0 Å². The van der Waals surface area contributed by atoms with Gasteiger partial charge in [-0.25, -0.2) is 0 Å². The molecular weight excluding hydrogens is 284 g/mol. The summed E-state index contributed by atoms with van der Waals surface area (Å²) < 4.78 is 0. The third-order valence-corrected chi connectivity index (χ3v) is 4.12. The highest BCUT2D eigenvalue weighted by molar-refractivity contribution is 5.96. The van der Waals surface area contributed by atoms with Crippen LogP contribution in [-0.2, 0) is 6.54 Å². The number of hydrogen-bond donors (Lipinski definition) is 2. The molecule has 0 aliphatic heterocycles. The smallest absolute Gasteiger partial charge is 0.252 e. The van der Waals surface area contributed by atoms with Crippen molar-refractivity contribution in [2.45, 2.75) is 19.5 Å². The van der Waals surface area contributed by atoms with Gasteiger partial charge in [-0.1, -0.05) is 60.7 Å². The summed E-state index contributed by atoms with van der Waals surface area (Å²) in [4.78, 5) is 12.6. The molecule has 0 aliphatic carbocycles. The molecule has 0 aliphatic rings. The average molecular weight is 304 g/mol. The van der Waals surface area contributed by atoms with Crippen molar-refractivity contribution >= 4 is 16.7 Å². The van der Waals surface area contributed by atoms with Crippen LogP contribution >= 0.6 is 0 Å². The summed E-state index contributed by atoms with van der Waals surface area (Å²) in [5.41, 5.74) is 8.33. The van der Waals surface area contributed by atoms with Crippen LogP contribution in [0.1, 0.15) is 34.5 Å². The van der Waals surface area contributed by atoms with Crippen molar-refractivity contribution in [3.05, 3.63) is 83.4 Å². The van der Waals surface area contributed by atoms with Crippen molar-refractivity contribution in [1.82, 2.24) is 5.32 Å². The van der Waals surface area contributed by atoms with Gasteiger partial charge < -0.3 is 11.1 Å². The first-order valence-corrected chi connectivity index (χ1v) is 7.77. The zero-order chi connectivity index (χ0) is 16.2. The first kappa shape index (κ1) is 15.3. The number of nitrogens with one attached hydrogen (secondary N) is 1. The maximum atomic E-state index is 12.6. The standard InChI is InChI=1S/C20H20N2O/c1-14(17-12-6-9-15-7-2-4-10-18(15)17)22-20(23)19-11-5-3-8-16(19)13-21/h2-12,14H,13,21H2,1H3,(H,22,23)/t14-/m1/s1. The minimum absolute atomic E-state index is 0.0839. The molecule has 3 N–H and O–H groups in total. The number of nitrogens with two attached hydrogens (primary N) is 1. The number of amides is 1. The molecule has 3 aromatic carbocycles. The fourth-order valence-electron chi connectivity index (χ4n) is 2.90. The minimum Gasteiger partial charge on any atom is -0.345 e. The van der Waals surface area contributed by atoms with Crippen molar-refractivity contribution in [1.29, 1.82) is 0 Å². The second kappa shape index (κ2) is 6.63. The van der Waals surface area contributed by atoms with Crippen molar-refractivity contribution in [3.63, 3.8) is 0 Å². The van der Waals surface area contributed by atoms with Crippen LogP contribution in [0.2, 0.25) is 0 Å². The molecule has 1 atom stereocenters.